The first-order valence-corrected chi connectivity index (χ1v) is 12.7. The Hall–Kier alpha value is -3.57. The number of nitrogens with zero attached hydrogens (tertiary/aromatic N) is 3. The minimum atomic E-state index is -3.79. The molecule has 1 saturated heterocycles. The van der Waals surface area contributed by atoms with E-state index in [9.17, 15) is 27.6 Å². The number of imide groups is 1. The van der Waals surface area contributed by atoms with Crippen LogP contribution in [0.15, 0.2) is 53.4 Å². The molecule has 3 amide bonds. The number of esters is 1. The van der Waals surface area contributed by atoms with Crippen molar-refractivity contribution in [2.24, 2.45) is 0 Å². The van der Waals surface area contributed by atoms with Crippen molar-refractivity contribution in [3.05, 3.63) is 65.2 Å². The van der Waals surface area contributed by atoms with E-state index in [4.69, 9.17) is 4.74 Å². The summed E-state index contributed by atoms with van der Waals surface area (Å²) >= 11 is 0. The minimum Gasteiger partial charge on any atom is -0.462 e. The number of ether oxygens (including phenoxy) is 1. The van der Waals surface area contributed by atoms with E-state index in [1.807, 2.05) is 0 Å². The molecular formula is C24H25N3O7S. The molecule has 0 aromatic heterocycles. The molecule has 0 radical (unpaired) electrons. The molecule has 2 heterocycles. The number of benzene rings is 2. The number of piperazine rings is 1. The van der Waals surface area contributed by atoms with Crippen molar-refractivity contribution in [3.8, 4) is 0 Å². The van der Waals surface area contributed by atoms with Gasteiger partial charge in [0.25, 0.3) is 11.8 Å². The summed E-state index contributed by atoms with van der Waals surface area (Å²) in [4.78, 5) is 52.0. The maximum atomic E-state index is 13.0. The van der Waals surface area contributed by atoms with E-state index in [1.54, 1.807) is 31.2 Å². The van der Waals surface area contributed by atoms with Crippen LogP contribution in [0.2, 0.25) is 0 Å². The van der Waals surface area contributed by atoms with Crippen LogP contribution in [-0.4, -0.2) is 85.5 Å². The van der Waals surface area contributed by atoms with Crippen LogP contribution in [0.25, 0.3) is 0 Å². The van der Waals surface area contributed by atoms with Gasteiger partial charge in [-0.2, -0.15) is 4.31 Å². The lowest BCUT2D eigenvalue weighted by Crippen LogP contribution is -2.51. The lowest BCUT2D eigenvalue weighted by Gasteiger charge is -2.34. The normalized spacial score (nSPS) is 16.4. The van der Waals surface area contributed by atoms with E-state index in [2.05, 4.69) is 0 Å². The topological polar surface area (TPSA) is 121 Å². The van der Waals surface area contributed by atoms with Crippen LogP contribution in [0, 0.1) is 0 Å². The van der Waals surface area contributed by atoms with Gasteiger partial charge in [-0.1, -0.05) is 12.1 Å². The molecule has 0 aliphatic carbocycles. The number of amides is 3. The van der Waals surface area contributed by atoms with Crippen molar-refractivity contribution in [2.45, 2.75) is 18.2 Å². The highest BCUT2D eigenvalue weighted by atomic mass is 32.2. The van der Waals surface area contributed by atoms with Crippen molar-refractivity contribution in [3.63, 3.8) is 0 Å². The van der Waals surface area contributed by atoms with Gasteiger partial charge < -0.3 is 9.64 Å². The predicted octanol–water partition coefficient (Wildman–Crippen LogP) is 1.38. The Morgan fingerprint density at radius 3 is 2.00 bits per heavy atom. The monoisotopic (exact) mass is 499 g/mol. The molecule has 0 atom stereocenters. The number of sulfonamides is 1. The zero-order valence-electron chi connectivity index (χ0n) is 19.2. The van der Waals surface area contributed by atoms with E-state index in [-0.39, 0.29) is 62.1 Å². The van der Waals surface area contributed by atoms with Gasteiger partial charge >= 0.3 is 5.97 Å². The Kier molecular flexibility index (Phi) is 6.99. The van der Waals surface area contributed by atoms with E-state index < -0.39 is 27.8 Å². The smallest absolute Gasteiger partial charge is 0.338 e. The summed E-state index contributed by atoms with van der Waals surface area (Å²) in [5.41, 5.74) is 0.928. The van der Waals surface area contributed by atoms with Crippen LogP contribution in [0.1, 0.15) is 44.4 Å². The van der Waals surface area contributed by atoms with Crippen LogP contribution in [-0.2, 0) is 19.6 Å². The molecular weight excluding hydrogens is 474 g/mol. The van der Waals surface area contributed by atoms with Crippen molar-refractivity contribution in [1.82, 2.24) is 14.1 Å². The third-order valence-electron chi connectivity index (χ3n) is 6.02. The molecule has 0 unspecified atom stereocenters. The van der Waals surface area contributed by atoms with E-state index >= 15 is 0 Å². The number of hydrogen-bond acceptors (Lipinski definition) is 7. The summed E-state index contributed by atoms with van der Waals surface area (Å²) in [6.07, 6.45) is -0.0342. The fourth-order valence-corrected chi connectivity index (χ4v) is 5.53. The zero-order chi connectivity index (χ0) is 25.2. The zero-order valence-corrected chi connectivity index (χ0v) is 20.0. The molecule has 0 saturated carbocycles. The molecule has 184 valence electrons. The average molecular weight is 500 g/mol. The van der Waals surface area contributed by atoms with Gasteiger partial charge in [0.1, 0.15) is 0 Å². The second-order valence-electron chi connectivity index (χ2n) is 8.09. The van der Waals surface area contributed by atoms with Gasteiger partial charge in [0.05, 0.1) is 28.2 Å². The summed E-state index contributed by atoms with van der Waals surface area (Å²) in [6.45, 7) is 2.49. The molecule has 4 rings (SSSR count). The Labute approximate surface area is 203 Å². The molecule has 2 aliphatic heterocycles. The van der Waals surface area contributed by atoms with Crippen LogP contribution in [0.4, 0.5) is 0 Å². The molecule has 2 aromatic carbocycles. The van der Waals surface area contributed by atoms with E-state index in [0.717, 1.165) is 4.90 Å². The second kappa shape index (κ2) is 9.96. The van der Waals surface area contributed by atoms with Crippen LogP contribution < -0.4 is 0 Å². The Bertz CT molecular complexity index is 1230. The number of carbonyl (C=O) groups is 4. The molecule has 2 aliphatic rings. The highest BCUT2D eigenvalue weighted by Gasteiger charge is 2.36. The quantitative estimate of drug-likeness (QED) is 0.417. The van der Waals surface area contributed by atoms with Gasteiger partial charge in [-0.3, -0.25) is 19.3 Å². The lowest BCUT2D eigenvalue weighted by atomic mass is 10.1. The molecule has 0 N–H and O–H groups in total. The lowest BCUT2D eigenvalue weighted by molar-refractivity contribution is -0.132. The van der Waals surface area contributed by atoms with Crippen molar-refractivity contribution in [2.75, 3.05) is 39.3 Å². The number of hydrogen-bond donors (Lipinski definition) is 0. The van der Waals surface area contributed by atoms with Gasteiger partial charge in [0.2, 0.25) is 15.9 Å². The first-order valence-electron chi connectivity index (χ1n) is 11.2. The maximum absolute atomic E-state index is 13.0. The summed E-state index contributed by atoms with van der Waals surface area (Å²) in [5.74, 6) is -1.60. The summed E-state index contributed by atoms with van der Waals surface area (Å²) in [7, 11) is -3.79. The third-order valence-corrected chi connectivity index (χ3v) is 7.93. The first kappa shape index (κ1) is 24.6. The fraction of sp³-hybridized carbons (Fsp3) is 0.333. The maximum Gasteiger partial charge on any atom is 0.338 e. The largest absolute Gasteiger partial charge is 0.462 e. The molecule has 0 spiro atoms. The van der Waals surface area contributed by atoms with E-state index in [1.165, 1.54) is 33.5 Å². The van der Waals surface area contributed by atoms with Crippen LogP contribution in [0.3, 0.4) is 0 Å². The molecule has 11 heteroatoms. The standard InChI is InChI=1S/C24H25N3O7S/c1-2-34-24(31)17-7-9-18(10-8-17)35(32,33)26-15-13-25(14-16-26)21(28)11-12-27-22(29)19-5-3-4-6-20(19)23(27)30/h3-10H,2,11-16H2,1H3. The first-order chi connectivity index (χ1) is 16.7. The molecule has 2 aromatic rings. The van der Waals surface area contributed by atoms with Crippen LogP contribution in [0.5, 0.6) is 0 Å². The van der Waals surface area contributed by atoms with Crippen molar-refractivity contribution >= 4 is 33.7 Å². The Morgan fingerprint density at radius 2 is 1.46 bits per heavy atom. The average Bonchev–Trinajstić information content (AvgIpc) is 3.12. The SMILES string of the molecule is CCOC(=O)c1ccc(S(=O)(=O)N2CCN(C(=O)CCN3C(=O)c4ccccc4C3=O)CC2)cc1. The molecule has 10 nitrogen and oxygen atoms in total. The van der Waals surface area contributed by atoms with Gasteiger partial charge in [0.15, 0.2) is 0 Å². The number of rotatable bonds is 7. The Balaban J connectivity index is 1.31. The number of carbonyl (C=O) groups excluding carboxylic acids is 4. The van der Waals surface area contributed by atoms with Gasteiger partial charge in [-0.25, -0.2) is 13.2 Å². The molecule has 0 bridgehead atoms. The summed E-state index contributed by atoms with van der Waals surface area (Å²) < 4.78 is 32.1. The fourth-order valence-electron chi connectivity index (χ4n) is 4.11. The summed E-state index contributed by atoms with van der Waals surface area (Å²) in [5, 5.41) is 0. The van der Waals surface area contributed by atoms with E-state index in [0.29, 0.717) is 11.1 Å². The predicted molar refractivity (Wildman–Crippen MR) is 124 cm³/mol. The van der Waals surface area contributed by atoms with Crippen molar-refractivity contribution in [1.29, 1.82) is 0 Å². The van der Waals surface area contributed by atoms with Crippen molar-refractivity contribution < 1.29 is 32.3 Å². The third kappa shape index (κ3) is 4.82. The highest BCUT2D eigenvalue weighted by molar-refractivity contribution is 7.89. The summed E-state index contributed by atoms with van der Waals surface area (Å²) in [6, 6.07) is 12.1. The Morgan fingerprint density at radius 1 is 0.886 bits per heavy atom. The van der Waals surface area contributed by atoms with Gasteiger partial charge in [-0.05, 0) is 43.3 Å². The number of fused-ring (bicyclic) bond motifs is 1. The van der Waals surface area contributed by atoms with Gasteiger partial charge in [0, 0.05) is 39.1 Å². The highest BCUT2D eigenvalue weighted by Crippen LogP contribution is 2.23. The molecule has 35 heavy (non-hydrogen) atoms. The molecule has 1 fully saturated rings. The van der Waals surface area contributed by atoms with Gasteiger partial charge in [-0.15, -0.1) is 0 Å². The minimum absolute atomic E-state index is 0.0312. The van der Waals surface area contributed by atoms with Crippen LogP contribution >= 0.6 is 0 Å². The second-order valence-corrected chi connectivity index (χ2v) is 10.0.